The number of anilines is 1. The normalized spacial score (nSPS) is 16.5. The highest BCUT2D eigenvalue weighted by Crippen LogP contribution is 2.33. The van der Waals surface area contributed by atoms with Crippen molar-refractivity contribution in [1.29, 1.82) is 0 Å². The standard InChI is InChI=1S/C16H18N4O2S3/c1-10-6-7-11-4-2-3-5-12(11)20(10)14(22)9-24-16-19-18-15(25-16)23-8-13(17)21/h2-5,10H,6-9H2,1H3,(H2,17,21)/t10-/m0/s1. The van der Waals surface area contributed by atoms with Gasteiger partial charge in [0.1, 0.15) is 0 Å². The summed E-state index contributed by atoms with van der Waals surface area (Å²) in [5.41, 5.74) is 7.36. The van der Waals surface area contributed by atoms with E-state index in [-0.39, 0.29) is 23.6 Å². The monoisotopic (exact) mass is 394 g/mol. The molecule has 2 aromatic rings. The summed E-state index contributed by atoms with van der Waals surface area (Å²) in [6.45, 7) is 2.09. The molecule has 0 spiro atoms. The summed E-state index contributed by atoms with van der Waals surface area (Å²) in [5.74, 6) is 0.183. The van der Waals surface area contributed by atoms with Crippen LogP contribution in [-0.2, 0) is 16.0 Å². The van der Waals surface area contributed by atoms with Gasteiger partial charge < -0.3 is 10.6 Å². The summed E-state index contributed by atoms with van der Waals surface area (Å²) in [4.78, 5) is 25.5. The lowest BCUT2D eigenvalue weighted by atomic mass is 9.97. The van der Waals surface area contributed by atoms with Gasteiger partial charge in [-0.05, 0) is 31.4 Å². The predicted octanol–water partition coefficient (Wildman–Crippen LogP) is 2.58. The molecule has 0 saturated heterocycles. The van der Waals surface area contributed by atoms with E-state index in [1.54, 1.807) is 0 Å². The first-order valence-corrected chi connectivity index (χ1v) is 10.6. The number of para-hydroxylation sites is 1. The number of primary amides is 1. The number of rotatable bonds is 6. The Kier molecular flexibility index (Phi) is 5.98. The highest BCUT2D eigenvalue weighted by molar-refractivity contribution is 8.03. The first kappa shape index (κ1) is 18.2. The Morgan fingerprint density at radius 2 is 1.92 bits per heavy atom. The van der Waals surface area contributed by atoms with Gasteiger partial charge >= 0.3 is 0 Å². The minimum atomic E-state index is -0.387. The number of nitrogens with two attached hydrogens (primary N) is 1. The smallest absolute Gasteiger partial charge is 0.237 e. The molecule has 1 atom stereocenters. The third kappa shape index (κ3) is 4.53. The second-order valence-corrected chi connectivity index (χ2v) is 9.08. The number of carbonyl (C=O) groups excluding carboxylic acids is 2. The van der Waals surface area contributed by atoms with E-state index in [1.807, 2.05) is 23.1 Å². The van der Waals surface area contributed by atoms with Crippen molar-refractivity contribution in [1.82, 2.24) is 10.2 Å². The molecule has 9 heteroatoms. The molecule has 1 aromatic heterocycles. The van der Waals surface area contributed by atoms with Crippen molar-refractivity contribution in [2.24, 2.45) is 5.73 Å². The van der Waals surface area contributed by atoms with E-state index >= 15 is 0 Å². The molecule has 6 nitrogen and oxygen atoms in total. The van der Waals surface area contributed by atoms with Gasteiger partial charge in [0.2, 0.25) is 11.8 Å². The fourth-order valence-corrected chi connectivity index (χ4v) is 5.33. The Labute approximate surface area is 158 Å². The van der Waals surface area contributed by atoms with E-state index < -0.39 is 0 Å². The number of hydrogen-bond acceptors (Lipinski definition) is 7. The number of carbonyl (C=O) groups is 2. The van der Waals surface area contributed by atoms with Gasteiger partial charge in [-0.3, -0.25) is 9.59 Å². The van der Waals surface area contributed by atoms with Gasteiger partial charge in [-0.1, -0.05) is 53.1 Å². The van der Waals surface area contributed by atoms with Crippen LogP contribution in [0.1, 0.15) is 18.9 Å². The van der Waals surface area contributed by atoms with E-state index in [0.29, 0.717) is 10.1 Å². The largest absolute Gasteiger partial charge is 0.369 e. The Bertz CT molecular complexity index is 780. The Morgan fingerprint density at radius 1 is 1.24 bits per heavy atom. The lowest BCUT2D eigenvalue weighted by Gasteiger charge is -2.35. The Balaban J connectivity index is 1.62. The molecule has 0 radical (unpaired) electrons. The maximum atomic E-state index is 12.8. The number of aromatic nitrogens is 2. The third-order valence-corrected chi connectivity index (χ3v) is 7.03. The lowest BCUT2D eigenvalue weighted by molar-refractivity contribution is -0.117. The van der Waals surface area contributed by atoms with E-state index in [1.165, 1.54) is 40.4 Å². The molecule has 2 N–H and O–H groups in total. The number of thioether (sulfide) groups is 2. The zero-order valence-electron chi connectivity index (χ0n) is 13.7. The Hall–Kier alpha value is -1.58. The van der Waals surface area contributed by atoms with Crippen LogP contribution in [0.3, 0.4) is 0 Å². The first-order valence-electron chi connectivity index (χ1n) is 7.82. The quantitative estimate of drug-likeness (QED) is 0.758. The molecule has 25 heavy (non-hydrogen) atoms. The van der Waals surface area contributed by atoms with Crippen LogP contribution in [0.5, 0.6) is 0 Å². The molecule has 1 aromatic carbocycles. The van der Waals surface area contributed by atoms with Crippen LogP contribution in [0.4, 0.5) is 5.69 Å². The minimum Gasteiger partial charge on any atom is -0.369 e. The molecule has 1 aliphatic heterocycles. The average molecular weight is 395 g/mol. The summed E-state index contributed by atoms with van der Waals surface area (Å²) in [7, 11) is 0. The van der Waals surface area contributed by atoms with Crippen LogP contribution < -0.4 is 10.6 Å². The average Bonchev–Trinajstić information content (AvgIpc) is 3.06. The highest BCUT2D eigenvalue weighted by atomic mass is 32.2. The number of nitrogens with zero attached hydrogens (tertiary/aromatic N) is 3. The second kappa shape index (κ2) is 8.20. The molecule has 2 heterocycles. The van der Waals surface area contributed by atoms with Gasteiger partial charge in [0, 0.05) is 11.7 Å². The maximum absolute atomic E-state index is 12.8. The van der Waals surface area contributed by atoms with Crippen molar-refractivity contribution in [2.75, 3.05) is 16.4 Å². The number of amides is 2. The molecule has 132 valence electrons. The van der Waals surface area contributed by atoms with E-state index in [0.717, 1.165) is 22.9 Å². The number of aryl methyl sites for hydroxylation is 1. The van der Waals surface area contributed by atoms with Gasteiger partial charge in [-0.25, -0.2) is 0 Å². The minimum absolute atomic E-state index is 0.0752. The molecule has 1 aliphatic rings. The molecule has 0 fully saturated rings. The van der Waals surface area contributed by atoms with Gasteiger partial charge in [0.05, 0.1) is 11.5 Å². The third-order valence-electron chi connectivity index (χ3n) is 3.84. The highest BCUT2D eigenvalue weighted by Gasteiger charge is 2.28. The molecule has 0 unspecified atom stereocenters. The predicted molar refractivity (Wildman–Crippen MR) is 102 cm³/mol. The van der Waals surface area contributed by atoms with E-state index in [2.05, 4.69) is 23.2 Å². The fourth-order valence-electron chi connectivity index (χ4n) is 2.71. The summed E-state index contributed by atoms with van der Waals surface area (Å²) < 4.78 is 1.41. The molecular weight excluding hydrogens is 376 g/mol. The lowest BCUT2D eigenvalue weighted by Crippen LogP contribution is -2.43. The summed E-state index contributed by atoms with van der Waals surface area (Å²) in [5, 5.41) is 8.07. The van der Waals surface area contributed by atoms with Crippen molar-refractivity contribution in [3.05, 3.63) is 29.8 Å². The van der Waals surface area contributed by atoms with Crippen molar-refractivity contribution < 1.29 is 9.59 Å². The van der Waals surface area contributed by atoms with Crippen LogP contribution in [0.25, 0.3) is 0 Å². The maximum Gasteiger partial charge on any atom is 0.237 e. The van der Waals surface area contributed by atoms with Crippen LogP contribution in [0.15, 0.2) is 32.9 Å². The molecule has 2 amide bonds. The second-order valence-electron chi connectivity index (χ2n) is 5.66. The van der Waals surface area contributed by atoms with Crippen molar-refractivity contribution in [3.8, 4) is 0 Å². The van der Waals surface area contributed by atoms with Crippen molar-refractivity contribution in [2.45, 2.75) is 34.5 Å². The van der Waals surface area contributed by atoms with Crippen LogP contribution in [0.2, 0.25) is 0 Å². The molecular formula is C16H18N4O2S3. The van der Waals surface area contributed by atoms with E-state index in [9.17, 15) is 9.59 Å². The molecule has 0 saturated carbocycles. The topological polar surface area (TPSA) is 89.2 Å². The van der Waals surface area contributed by atoms with Crippen molar-refractivity contribution >= 4 is 52.4 Å². The Morgan fingerprint density at radius 3 is 2.64 bits per heavy atom. The van der Waals surface area contributed by atoms with E-state index in [4.69, 9.17) is 5.73 Å². The van der Waals surface area contributed by atoms with Gasteiger partial charge in [-0.15, -0.1) is 10.2 Å². The van der Waals surface area contributed by atoms with Crippen LogP contribution >= 0.6 is 34.9 Å². The molecule has 3 rings (SSSR count). The SMILES string of the molecule is C[C@H]1CCc2ccccc2N1C(=O)CSc1nnc(SCC(N)=O)s1. The summed E-state index contributed by atoms with van der Waals surface area (Å²) >= 11 is 4.02. The van der Waals surface area contributed by atoms with Crippen LogP contribution in [-0.4, -0.2) is 39.6 Å². The zero-order chi connectivity index (χ0) is 17.8. The summed E-state index contributed by atoms with van der Waals surface area (Å²) in [6.07, 6.45) is 1.98. The van der Waals surface area contributed by atoms with Crippen LogP contribution in [0, 0.1) is 0 Å². The molecule has 0 bridgehead atoms. The van der Waals surface area contributed by atoms with Gasteiger partial charge in [-0.2, -0.15) is 0 Å². The zero-order valence-corrected chi connectivity index (χ0v) is 16.1. The van der Waals surface area contributed by atoms with Gasteiger partial charge in [0.25, 0.3) is 0 Å². The van der Waals surface area contributed by atoms with Gasteiger partial charge in [0.15, 0.2) is 8.68 Å². The first-order chi connectivity index (χ1) is 12.0. The molecule has 0 aliphatic carbocycles. The fraction of sp³-hybridized carbons (Fsp3) is 0.375. The number of fused-ring (bicyclic) bond motifs is 1. The number of hydrogen-bond donors (Lipinski definition) is 1. The summed E-state index contributed by atoms with van der Waals surface area (Å²) in [6, 6.07) is 8.27. The number of benzene rings is 1. The van der Waals surface area contributed by atoms with Crippen molar-refractivity contribution in [3.63, 3.8) is 0 Å².